The molecule has 0 heterocycles. The predicted molar refractivity (Wildman–Crippen MR) is 89.3 cm³/mol. The monoisotopic (exact) mass is 318 g/mol. The van der Waals surface area contributed by atoms with Gasteiger partial charge in [-0.05, 0) is 41.8 Å². The molecule has 0 aliphatic rings. The Morgan fingerprint density at radius 3 is 2.48 bits per heavy atom. The van der Waals surface area contributed by atoms with Gasteiger partial charge in [0.1, 0.15) is 0 Å². The van der Waals surface area contributed by atoms with Crippen LogP contribution in [0.4, 0.5) is 5.69 Å². The number of nitrogens with zero attached hydrogens (tertiary/aromatic N) is 2. The van der Waals surface area contributed by atoms with E-state index in [0.29, 0.717) is 16.5 Å². The first-order valence-corrected chi connectivity index (χ1v) is 7.37. The molecule has 0 saturated carbocycles. The van der Waals surface area contributed by atoms with E-state index in [2.05, 4.69) is 6.07 Å². The topological polar surface area (TPSA) is 27.0 Å². The molecule has 2 aromatic carbocycles. The third-order valence-electron chi connectivity index (χ3n) is 3.37. The normalized spacial score (nSPS) is 11.8. The molecular formula is C17H16Cl2N2. The Balaban J connectivity index is 2.26. The standard InChI is InChI=1S/C17H16Cl2N2/c1-21(2)15-5-3-4-13(10-15)14(11-20)8-12-6-7-16(18)17(19)9-12/h3-7,9-10,14H,8H2,1-2H3. The predicted octanol–water partition coefficient (Wildman–Crippen LogP) is 4.91. The van der Waals surface area contributed by atoms with Crippen molar-refractivity contribution in [2.75, 3.05) is 19.0 Å². The van der Waals surface area contributed by atoms with Crippen molar-refractivity contribution in [2.45, 2.75) is 12.3 Å². The van der Waals surface area contributed by atoms with Gasteiger partial charge in [0.05, 0.1) is 22.0 Å². The molecule has 2 nitrogen and oxygen atoms in total. The van der Waals surface area contributed by atoms with E-state index in [1.54, 1.807) is 6.07 Å². The smallest absolute Gasteiger partial charge is 0.0753 e. The fraction of sp³-hybridized carbons (Fsp3) is 0.235. The van der Waals surface area contributed by atoms with Gasteiger partial charge >= 0.3 is 0 Å². The van der Waals surface area contributed by atoms with Crippen molar-refractivity contribution in [1.29, 1.82) is 5.26 Å². The van der Waals surface area contributed by atoms with Crippen LogP contribution in [0.25, 0.3) is 0 Å². The van der Waals surface area contributed by atoms with Gasteiger partial charge in [-0.25, -0.2) is 0 Å². The summed E-state index contributed by atoms with van der Waals surface area (Å²) in [5, 5.41) is 10.5. The Morgan fingerprint density at radius 1 is 1.10 bits per heavy atom. The van der Waals surface area contributed by atoms with Gasteiger partial charge in [0.15, 0.2) is 0 Å². The maximum atomic E-state index is 9.47. The molecule has 1 atom stereocenters. The summed E-state index contributed by atoms with van der Waals surface area (Å²) >= 11 is 12.0. The van der Waals surface area contributed by atoms with Gasteiger partial charge in [-0.3, -0.25) is 0 Å². The molecule has 0 amide bonds. The molecule has 0 aliphatic heterocycles. The minimum atomic E-state index is -0.206. The van der Waals surface area contributed by atoms with Crippen molar-refractivity contribution < 1.29 is 0 Å². The Labute approximate surface area is 135 Å². The first-order valence-electron chi connectivity index (χ1n) is 6.62. The molecule has 108 valence electrons. The van der Waals surface area contributed by atoms with Gasteiger partial charge in [0.25, 0.3) is 0 Å². The molecule has 0 spiro atoms. The SMILES string of the molecule is CN(C)c1cccc(C(C#N)Cc2ccc(Cl)c(Cl)c2)c1. The second-order valence-electron chi connectivity index (χ2n) is 5.12. The molecule has 0 bridgehead atoms. The van der Waals surface area contributed by atoms with Gasteiger partial charge in [-0.15, -0.1) is 0 Å². The Kier molecular flexibility index (Phi) is 5.12. The third-order valence-corrected chi connectivity index (χ3v) is 4.11. The molecule has 2 aromatic rings. The Bertz CT molecular complexity index is 675. The number of hydrogen-bond donors (Lipinski definition) is 0. The zero-order chi connectivity index (χ0) is 15.4. The summed E-state index contributed by atoms with van der Waals surface area (Å²) < 4.78 is 0. The van der Waals surface area contributed by atoms with Crippen molar-refractivity contribution >= 4 is 28.9 Å². The third kappa shape index (κ3) is 3.91. The quantitative estimate of drug-likeness (QED) is 0.800. The minimum absolute atomic E-state index is 0.206. The van der Waals surface area contributed by atoms with Crippen molar-refractivity contribution in [3.63, 3.8) is 0 Å². The van der Waals surface area contributed by atoms with Crippen LogP contribution >= 0.6 is 23.2 Å². The van der Waals surface area contributed by atoms with Crippen molar-refractivity contribution in [2.24, 2.45) is 0 Å². The van der Waals surface area contributed by atoms with Crippen LogP contribution in [0.2, 0.25) is 10.0 Å². The highest BCUT2D eigenvalue weighted by atomic mass is 35.5. The molecule has 0 saturated heterocycles. The summed E-state index contributed by atoms with van der Waals surface area (Å²) in [4.78, 5) is 2.02. The fourth-order valence-corrected chi connectivity index (χ4v) is 2.48. The number of anilines is 1. The van der Waals surface area contributed by atoms with E-state index in [0.717, 1.165) is 16.8 Å². The van der Waals surface area contributed by atoms with Crippen LogP contribution < -0.4 is 4.90 Å². The summed E-state index contributed by atoms with van der Waals surface area (Å²) in [5.41, 5.74) is 3.10. The van der Waals surface area contributed by atoms with Crippen molar-refractivity contribution in [3.8, 4) is 6.07 Å². The van der Waals surface area contributed by atoms with Gasteiger partial charge < -0.3 is 4.90 Å². The van der Waals surface area contributed by atoms with E-state index in [9.17, 15) is 5.26 Å². The lowest BCUT2D eigenvalue weighted by atomic mass is 9.93. The Hall–Kier alpha value is -1.69. The first-order chi connectivity index (χ1) is 10.0. The Morgan fingerprint density at radius 2 is 1.86 bits per heavy atom. The van der Waals surface area contributed by atoms with Gasteiger partial charge in [-0.2, -0.15) is 5.26 Å². The molecular weight excluding hydrogens is 303 g/mol. The van der Waals surface area contributed by atoms with Crippen LogP contribution in [-0.4, -0.2) is 14.1 Å². The van der Waals surface area contributed by atoms with Gasteiger partial charge in [0, 0.05) is 19.8 Å². The molecule has 2 rings (SSSR count). The molecule has 1 unspecified atom stereocenters. The van der Waals surface area contributed by atoms with Crippen LogP contribution in [0.5, 0.6) is 0 Å². The minimum Gasteiger partial charge on any atom is -0.378 e. The average molecular weight is 319 g/mol. The number of hydrogen-bond acceptors (Lipinski definition) is 2. The number of rotatable bonds is 4. The summed E-state index contributed by atoms with van der Waals surface area (Å²) in [7, 11) is 3.97. The highest BCUT2D eigenvalue weighted by molar-refractivity contribution is 6.42. The maximum absolute atomic E-state index is 9.47. The zero-order valence-corrected chi connectivity index (χ0v) is 13.5. The highest BCUT2D eigenvalue weighted by Crippen LogP contribution is 2.27. The lowest BCUT2D eigenvalue weighted by Crippen LogP contribution is -2.09. The lowest BCUT2D eigenvalue weighted by Gasteiger charge is -2.16. The van der Waals surface area contributed by atoms with Crippen LogP contribution in [0.15, 0.2) is 42.5 Å². The average Bonchev–Trinajstić information content (AvgIpc) is 2.48. The van der Waals surface area contributed by atoms with Crippen molar-refractivity contribution in [3.05, 3.63) is 63.6 Å². The van der Waals surface area contributed by atoms with E-state index in [1.165, 1.54) is 0 Å². The van der Waals surface area contributed by atoms with Gasteiger partial charge in [-0.1, -0.05) is 41.4 Å². The van der Waals surface area contributed by atoms with Crippen LogP contribution in [0.3, 0.4) is 0 Å². The van der Waals surface area contributed by atoms with Gasteiger partial charge in [0.2, 0.25) is 0 Å². The molecule has 0 fully saturated rings. The molecule has 0 aromatic heterocycles. The largest absolute Gasteiger partial charge is 0.378 e. The molecule has 4 heteroatoms. The second kappa shape index (κ2) is 6.85. The van der Waals surface area contributed by atoms with Crippen molar-refractivity contribution in [1.82, 2.24) is 0 Å². The number of halogens is 2. The molecule has 0 radical (unpaired) electrons. The van der Waals surface area contributed by atoms with E-state index in [1.807, 2.05) is 55.4 Å². The summed E-state index contributed by atoms with van der Waals surface area (Å²) in [6, 6.07) is 15.9. The van der Waals surface area contributed by atoms with E-state index in [4.69, 9.17) is 23.2 Å². The number of benzene rings is 2. The van der Waals surface area contributed by atoms with Crippen LogP contribution in [0.1, 0.15) is 17.0 Å². The molecule has 0 N–H and O–H groups in total. The van der Waals surface area contributed by atoms with E-state index in [-0.39, 0.29) is 5.92 Å². The summed E-state index contributed by atoms with van der Waals surface area (Å²) in [5.74, 6) is -0.206. The lowest BCUT2D eigenvalue weighted by molar-refractivity contribution is 0.848. The molecule has 21 heavy (non-hydrogen) atoms. The summed E-state index contributed by atoms with van der Waals surface area (Å²) in [6.07, 6.45) is 0.615. The van der Waals surface area contributed by atoms with Crippen LogP contribution in [0, 0.1) is 11.3 Å². The number of nitriles is 1. The van der Waals surface area contributed by atoms with E-state index < -0.39 is 0 Å². The van der Waals surface area contributed by atoms with Crippen LogP contribution in [-0.2, 0) is 6.42 Å². The first kappa shape index (κ1) is 15.7. The van der Waals surface area contributed by atoms with E-state index >= 15 is 0 Å². The fourth-order valence-electron chi connectivity index (χ4n) is 2.16. The summed E-state index contributed by atoms with van der Waals surface area (Å²) in [6.45, 7) is 0. The second-order valence-corrected chi connectivity index (χ2v) is 5.94. The molecule has 0 aliphatic carbocycles. The highest BCUT2D eigenvalue weighted by Gasteiger charge is 2.13. The maximum Gasteiger partial charge on any atom is 0.0753 e. The zero-order valence-electron chi connectivity index (χ0n) is 12.0.